The zero-order valence-electron chi connectivity index (χ0n) is 28.0. The Hall–Kier alpha value is -1.59. The van der Waals surface area contributed by atoms with Gasteiger partial charge in [-0.2, -0.15) is 0 Å². The molecule has 6 nitrogen and oxygen atoms in total. The van der Waals surface area contributed by atoms with E-state index in [1.165, 1.54) is 38.5 Å². The molecule has 0 aromatic carbocycles. The minimum Gasteiger partial charge on any atom is -0.353 e. The van der Waals surface area contributed by atoms with E-state index in [0.717, 1.165) is 57.8 Å². The smallest absolute Gasteiger partial charge is 0.224 e. The second-order valence-electron chi connectivity index (χ2n) is 15.8. The number of hydrogen-bond donors (Lipinski definition) is 3. The summed E-state index contributed by atoms with van der Waals surface area (Å²) in [6.07, 6.45) is 17.0. The van der Waals surface area contributed by atoms with E-state index in [0.29, 0.717) is 35.5 Å². The van der Waals surface area contributed by atoms with Crippen LogP contribution in [-0.2, 0) is 14.4 Å². The first-order valence-corrected chi connectivity index (χ1v) is 17.9. The van der Waals surface area contributed by atoms with Crippen molar-refractivity contribution in [2.24, 2.45) is 41.4 Å². The van der Waals surface area contributed by atoms with Crippen LogP contribution in [0.25, 0.3) is 0 Å². The Morgan fingerprint density at radius 2 is 0.857 bits per heavy atom. The molecule has 3 fully saturated rings. The standard InChI is InChI=1S/C36H65N3O3/c1-24(2)16-27-10-7-13-31(19-27)37-34(40)22-30(36(42)39-33-15-9-12-29(21-33)18-26(5)6)23-35(41)38-32-14-8-11-28(20-32)17-25(3)4/h24-33H,7-23H2,1-6H3,(H,37,40)(H,38,41)(H,39,42). The fraction of sp³-hybridized carbons (Fsp3) is 0.917. The summed E-state index contributed by atoms with van der Waals surface area (Å²) >= 11 is 0. The van der Waals surface area contributed by atoms with Gasteiger partial charge in [0, 0.05) is 31.0 Å². The van der Waals surface area contributed by atoms with Crippen LogP contribution in [0.5, 0.6) is 0 Å². The molecule has 3 aliphatic carbocycles. The van der Waals surface area contributed by atoms with Crippen molar-refractivity contribution in [3.05, 3.63) is 0 Å². The molecule has 0 aromatic heterocycles. The van der Waals surface area contributed by atoms with Crippen molar-refractivity contribution in [3.8, 4) is 0 Å². The van der Waals surface area contributed by atoms with E-state index in [2.05, 4.69) is 57.5 Å². The van der Waals surface area contributed by atoms with Gasteiger partial charge in [0.25, 0.3) is 0 Å². The molecular weight excluding hydrogens is 522 g/mol. The maximum atomic E-state index is 13.7. The van der Waals surface area contributed by atoms with Crippen molar-refractivity contribution in [2.75, 3.05) is 0 Å². The summed E-state index contributed by atoms with van der Waals surface area (Å²) in [6.45, 7) is 13.6. The minimum atomic E-state index is -0.624. The molecule has 3 N–H and O–H groups in total. The van der Waals surface area contributed by atoms with Crippen molar-refractivity contribution >= 4 is 17.7 Å². The largest absolute Gasteiger partial charge is 0.353 e. The first-order chi connectivity index (χ1) is 20.0. The number of nitrogens with one attached hydrogen (secondary N) is 3. The lowest BCUT2D eigenvalue weighted by atomic mass is 9.80. The third-order valence-electron chi connectivity index (χ3n) is 10.1. The monoisotopic (exact) mass is 588 g/mol. The normalized spacial score (nSPS) is 29.4. The molecule has 3 saturated carbocycles. The quantitative estimate of drug-likeness (QED) is 0.196. The highest BCUT2D eigenvalue weighted by Crippen LogP contribution is 2.32. The lowest BCUT2D eigenvalue weighted by molar-refractivity contribution is -0.134. The van der Waals surface area contributed by atoms with Gasteiger partial charge in [-0.15, -0.1) is 0 Å². The van der Waals surface area contributed by atoms with Crippen molar-refractivity contribution in [2.45, 2.75) is 169 Å². The second kappa shape index (κ2) is 17.6. The Morgan fingerprint density at radius 1 is 0.524 bits per heavy atom. The van der Waals surface area contributed by atoms with E-state index in [9.17, 15) is 14.4 Å². The van der Waals surface area contributed by atoms with Crippen molar-refractivity contribution in [1.29, 1.82) is 0 Å². The average Bonchev–Trinajstić information content (AvgIpc) is 2.87. The van der Waals surface area contributed by atoms with Gasteiger partial charge in [0.1, 0.15) is 0 Å². The Labute approximate surface area is 258 Å². The molecule has 6 unspecified atom stereocenters. The van der Waals surface area contributed by atoms with Crippen LogP contribution in [-0.4, -0.2) is 35.8 Å². The summed E-state index contributed by atoms with van der Waals surface area (Å²) in [5, 5.41) is 9.83. The van der Waals surface area contributed by atoms with Gasteiger partial charge >= 0.3 is 0 Å². The zero-order valence-corrected chi connectivity index (χ0v) is 28.0. The molecule has 42 heavy (non-hydrogen) atoms. The summed E-state index contributed by atoms with van der Waals surface area (Å²) in [7, 11) is 0. The van der Waals surface area contributed by atoms with Gasteiger partial charge < -0.3 is 16.0 Å². The average molecular weight is 588 g/mol. The van der Waals surface area contributed by atoms with Crippen molar-refractivity contribution < 1.29 is 14.4 Å². The van der Waals surface area contributed by atoms with E-state index in [1.807, 2.05) is 0 Å². The summed E-state index contributed by atoms with van der Waals surface area (Å²) in [5.41, 5.74) is 0. The lowest BCUT2D eigenvalue weighted by Gasteiger charge is -2.33. The maximum Gasteiger partial charge on any atom is 0.224 e. The fourth-order valence-electron chi connectivity index (χ4n) is 8.51. The molecule has 242 valence electrons. The van der Waals surface area contributed by atoms with Gasteiger partial charge in [0.2, 0.25) is 17.7 Å². The Bertz CT molecular complexity index is 795. The van der Waals surface area contributed by atoms with Crippen molar-refractivity contribution in [3.63, 3.8) is 0 Å². The summed E-state index contributed by atoms with van der Waals surface area (Å²) in [5.74, 6) is 3.07. The number of rotatable bonds is 14. The molecule has 6 heteroatoms. The number of amides is 3. The van der Waals surface area contributed by atoms with E-state index in [-0.39, 0.29) is 48.7 Å². The van der Waals surface area contributed by atoms with Crippen molar-refractivity contribution in [1.82, 2.24) is 16.0 Å². The molecule has 0 aromatic rings. The fourth-order valence-corrected chi connectivity index (χ4v) is 8.51. The van der Waals surface area contributed by atoms with Gasteiger partial charge in [0.15, 0.2) is 0 Å². The SMILES string of the molecule is CC(C)CC1CCCC(NC(=O)CC(CC(=O)NC2CCCC(CC(C)C)C2)C(=O)NC2CCCC(CC(C)C)C2)C1. The molecule has 0 radical (unpaired) electrons. The molecule has 0 saturated heterocycles. The Kier molecular flexibility index (Phi) is 14.7. The van der Waals surface area contributed by atoms with Gasteiger partial charge in [-0.25, -0.2) is 0 Å². The van der Waals surface area contributed by atoms with Crippen LogP contribution < -0.4 is 16.0 Å². The summed E-state index contributed by atoms with van der Waals surface area (Å²) in [6, 6.07) is 0.513. The van der Waals surface area contributed by atoms with Crippen LogP contribution in [0, 0.1) is 41.4 Å². The number of hydrogen-bond acceptors (Lipinski definition) is 3. The third kappa shape index (κ3) is 13.0. The van der Waals surface area contributed by atoms with Gasteiger partial charge in [0.05, 0.1) is 5.92 Å². The van der Waals surface area contributed by atoms with Crippen LogP contribution >= 0.6 is 0 Å². The van der Waals surface area contributed by atoms with Gasteiger partial charge in [-0.1, -0.05) is 80.1 Å². The lowest BCUT2D eigenvalue weighted by Crippen LogP contribution is -2.46. The summed E-state index contributed by atoms with van der Waals surface area (Å²) < 4.78 is 0. The van der Waals surface area contributed by atoms with E-state index >= 15 is 0 Å². The molecule has 0 aliphatic heterocycles. The highest BCUT2D eigenvalue weighted by molar-refractivity contribution is 5.90. The zero-order chi connectivity index (χ0) is 30.6. The second-order valence-corrected chi connectivity index (χ2v) is 15.8. The predicted octanol–water partition coefficient (Wildman–Crippen LogP) is 7.55. The predicted molar refractivity (Wildman–Crippen MR) is 173 cm³/mol. The van der Waals surface area contributed by atoms with Gasteiger partial charge in [-0.05, 0) is 93.3 Å². The summed E-state index contributed by atoms with van der Waals surface area (Å²) in [4.78, 5) is 40.3. The number of carbonyl (C=O) groups excluding carboxylic acids is 3. The maximum absolute atomic E-state index is 13.7. The first kappa shape index (κ1) is 34.9. The molecule has 3 amide bonds. The van der Waals surface area contributed by atoms with Crippen LogP contribution in [0.2, 0.25) is 0 Å². The molecule has 6 atom stereocenters. The molecule has 0 heterocycles. The minimum absolute atomic E-state index is 0.0749. The third-order valence-corrected chi connectivity index (χ3v) is 10.1. The number of carbonyl (C=O) groups is 3. The first-order valence-electron chi connectivity index (χ1n) is 17.9. The van der Waals surface area contributed by atoms with E-state index in [1.54, 1.807) is 0 Å². The highest BCUT2D eigenvalue weighted by atomic mass is 16.2. The van der Waals surface area contributed by atoms with Crippen LogP contribution in [0.15, 0.2) is 0 Å². The topological polar surface area (TPSA) is 87.3 Å². The highest BCUT2D eigenvalue weighted by Gasteiger charge is 2.32. The van der Waals surface area contributed by atoms with E-state index in [4.69, 9.17) is 0 Å². The van der Waals surface area contributed by atoms with Crippen LogP contribution in [0.4, 0.5) is 0 Å². The molecule has 0 spiro atoms. The molecule has 0 bridgehead atoms. The van der Waals surface area contributed by atoms with E-state index < -0.39 is 5.92 Å². The Morgan fingerprint density at radius 3 is 1.19 bits per heavy atom. The van der Waals surface area contributed by atoms with Crippen LogP contribution in [0.1, 0.15) is 151 Å². The Balaban J connectivity index is 1.60. The van der Waals surface area contributed by atoms with Gasteiger partial charge in [-0.3, -0.25) is 14.4 Å². The van der Waals surface area contributed by atoms with Crippen LogP contribution in [0.3, 0.4) is 0 Å². The molecule has 3 aliphatic rings. The molecule has 3 rings (SSSR count). The molecular formula is C36H65N3O3.